The molecular weight excluding hydrogens is 174 g/mol. The van der Waals surface area contributed by atoms with Gasteiger partial charge in [-0.3, -0.25) is 0 Å². The maximum Gasteiger partial charge on any atom is 0.0860 e. The molecule has 76 valence electrons. The van der Waals surface area contributed by atoms with Crippen LogP contribution >= 0.6 is 0 Å². The van der Waals surface area contributed by atoms with Gasteiger partial charge in [-0.1, -0.05) is 18.2 Å². The van der Waals surface area contributed by atoms with E-state index >= 15 is 0 Å². The molecule has 1 aliphatic rings. The second-order valence-corrected chi connectivity index (χ2v) is 4.43. The highest BCUT2D eigenvalue weighted by Gasteiger charge is 2.22. The number of anilines is 1. The average Bonchev–Trinajstić information content (AvgIpc) is 2.15. The van der Waals surface area contributed by atoms with Gasteiger partial charge in [0.05, 0.1) is 5.60 Å². The Morgan fingerprint density at radius 2 is 2.14 bits per heavy atom. The molecule has 0 spiro atoms. The lowest BCUT2D eigenvalue weighted by atomic mass is 9.91. The number of rotatable bonds is 1. The highest BCUT2D eigenvalue weighted by atomic mass is 16.3. The van der Waals surface area contributed by atoms with Crippen LogP contribution < -0.4 is 5.32 Å². The number of fused-ring (bicyclic) bond motifs is 1. The Morgan fingerprint density at radius 1 is 1.36 bits per heavy atom. The van der Waals surface area contributed by atoms with E-state index in [0.717, 1.165) is 24.2 Å². The highest BCUT2D eigenvalue weighted by Crippen LogP contribution is 2.32. The summed E-state index contributed by atoms with van der Waals surface area (Å²) >= 11 is 0. The molecule has 0 saturated carbocycles. The van der Waals surface area contributed by atoms with E-state index in [2.05, 4.69) is 11.4 Å². The van der Waals surface area contributed by atoms with Crippen LogP contribution in [0.15, 0.2) is 18.2 Å². The highest BCUT2D eigenvalue weighted by molar-refractivity contribution is 5.60. The lowest BCUT2D eigenvalue weighted by Crippen LogP contribution is -2.22. The van der Waals surface area contributed by atoms with Crippen LogP contribution in [0.2, 0.25) is 0 Å². The number of benzene rings is 1. The second kappa shape index (κ2) is 3.28. The van der Waals surface area contributed by atoms with Crippen LogP contribution in [0.5, 0.6) is 0 Å². The van der Waals surface area contributed by atoms with Gasteiger partial charge in [-0.25, -0.2) is 0 Å². The van der Waals surface area contributed by atoms with Crippen LogP contribution in [0.4, 0.5) is 5.69 Å². The fourth-order valence-corrected chi connectivity index (χ4v) is 2.02. The van der Waals surface area contributed by atoms with E-state index in [1.54, 1.807) is 0 Å². The molecule has 2 N–H and O–H groups in total. The Bertz CT molecular complexity index is 339. The minimum Gasteiger partial charge on any atom is -0.386 e. The summed E-state index contributed by atoms with van der Waals surface area (Å²) in [6, 6.07) is 6.16. The Kier molecular flexibility index (Phi) is 2.23. The number of aliphatic hydroxyl groups is 1. The van der Waals surface area contributed by atoms with Crippen molar-refractivity contribution in [3.05, 3.63) is 29.3 Å². The van der Waals surface area contributed by atoms with Crippen LogP contribution in [0.25, 0.3) is 0 Å². The third-order valence-electron chi connectivity index (χ3n) is 2.73. The zero-order chi connectivity index (χ0) is 10.2. The summed E-state index contributed by atoms with van der Waals surface area (Å²) in [4.78, 5) is 0. The van der Waals surface area contributed by atoms with Gasteiger partial charge in [-0.2, -0.15) is 0 Å². The Hall–Kier alpha value is -1.02. The fourth-order valence-electron chi connectivity index (χ4n) is 2.02. The van der Waals surface area contributed by atoms with E-state index in [0.29, 0.717) is 0 Å². The van der Waals surface area contributed by atoms with E-state index in [1.807, 2.05) is 26.0 Å². The van der Waals surface area contributed by atoms with Crippen molar-refractivity contribution in [3.8, 4) is 0 Å². The van der Waals surface area contributed by atoms with Gasteiger partial charge in [0, 0.05) is 17.8 Å². The number of nitrogens with one attached hydrogen (secondary N) is 1. The molecule has 0 bridgehead atoms. The van der Waals surface area contributed by atoms with E-state index in [1.165, 1.54) is 12.0 Å². The monoisotopic (exact) mass is 191 g/mol. The van der Waals surface area contributed by atoms with Crippen molar-refractivity contribution in [2.45, 2.75) is 32.3 Å². The van der Waals surface area contributed by atoms with Gasteiger partial charge in [-0.15, -0.1) is 0 Å². The van der Waals surface area contributed by atoms with Gasteiger partial charge < -0.3 is 10.4 Å². The lowest BCUT2D eigenvalue weighted by molar-refractivity contribution is 0.0792. The van der Waals surface area contributed by atoms with Gasteiger partial charge in [-0.05, 0) is 32.3 Å². The quantitative estimate of drug-likeness (QED) is 0.713. The van der Waals surface area contributed by atoms with E-state index in [4.69, 9.17) is 0 Å². The molecule has 2 nitrogen and oxygen atoms in total. The van der Waals surface area contributed by atoms with Crippen molar-refractivity contribution < 1.29 is 5.11 Å². The Labute approximate surface area is 85.0 Å². The summed E-state index contributed by atoms with van der Waals surface area (Å²) in [6.45, 7) is 4.68. The minimum atomic E-state index is -0.754. The second-order valence-electron chi connectivity index (χ2n) is 4.43. The largest absolute Gasteiger partial charge is 0.386 e. The summed E-state index contributed by atoms with van der Waals surface area (Å²) in [6.07, 6.45) is 2.30. The molecule has 0 unspecified atom stereocenters. The van der Waals surface area contributed by atoms with Gasteiger partial charge in [0.25, 0.3) is 0 Å². The third kappa shape index (κ3) is 1.62. The number of hydrogen-bond acceptors (Lipinski definition) is 2. The van der Waals surface area contributed by atoms with Gasteiger partial charge in [0.2, 0.25) is 0 Å². The first-order valence-electron chi connectivity index (χ1n) is 5.17. The molecule has 0 amide bonds. The number of hydrogen-bond donors (Lipinski definition) is 2. The van der Waals surface area contributed by atoms with Crippen LogP contribution in [0.1, 0.15) is 31.4 Å². The summed E-state index contributed by atoms with van der Waals surface area (Å²) in [7, 11) is 0. The molecule has 0 fully saturated rings. The van der Waals surface area contributed by atoms with E-state index < -0.39 is 5.60 Å². The van der Waals surface area contributed by atoms with Crippen LogP contribution in [-0.2, 0) is 12.0 Å². The molecule has 0 atom stereocenters. The van der Waals surface area contributed by atoms with Crippen molar-refractivity contribution in [1.29, 1.82) is 0 Å². The number of para-hydroxylation sites is 1. The van der Waals surface area contributed by atoms with Gasteiger partial charge >= 0.3 is 0 Å². The summed E-state index contributed by atoms with van der Waals surface area (Å²) in [5, 5.41) is 13.4. The third-order valence-corrected chi connectivity index (χ3v) is 2.73. The first kappa shape index (κ1) is 9.53. The molecule has 2 rings (SSSR count). The molecule has 0 radical (unpaired) electrons. The summed E-state index contributed by atoms with van der Waals surface area (Å²) in [5.74, 6) is 0. The molecular formula is C12H17NO. The van der Waals surface area contributed by atoms with Crippen molar-refractivity contribution >= 4 is 5.69 Å². The zero-order valence-electron chi connectivity index (χ0n) is 8.80. The molecule has 0 aromatic heterocycles. The molecule has 2 heteroatoms. The van der Waals surface area contributed by atoms with Crippen LogP contribution in [0, 0.1) is 0 Å². The summed E-state index contributed by atoms with van der Waals surface area (Å²) < 4.78 is 0. The molecule has 1 aliphatic heterocycles. The Balaban J connectivity index is 2.51. The summed E-state index contributed by atoms with van der Waals surface area (Å²) in [5.41, 5.74) is 2.73. The Morgan fingerprint density at radius 3 is 2.86 bits per heavy atom. The zero-order valence-corrected chi connectivity index (χ0v) is 8.80. The average molecular weight is 191 g/mol. The van der Waals surface area contributed by atoms with Crippen molar-refractivity contribution in [2.75, 3.05) is 11.9 Å². The van der Waals surface area contributed by atoms with Gasteiger partial charge in [0.15, 0.2) is 0 Å². The van der Waals surface area contributed by atoms with E-state index in [9.17, 15) is 5.11 Å². The number of aryl methyl sites for hydroxylation is 1. The van der Waals surface area contributed by atoms with Crippen LogP contribution in [-0.4, -0.2) is 11.7 Å². The van der Waals surface area contributed by atoms with Crippen molar-refractivity contribution in [3.63, 3.8) is 0 Å². The molecule has 0 saturated heterocycles. The molecule has 1 aromatic carbocycles. The smallest absolute Gasteiger partial charge is 0.0860 e. The molecule has 14 heavy (non-hydrogen) atoms. The van der Waals surface area contributed by atoms with Gasteiger partial charge in [0.1, 0.15) is 0 Å². The van der Waals surface area contributed by atoms with E-state index in [-0.39, 0.29) is 0 Å². The van der Waals surface area contributed by atoms with Crippen LogP contribution in [0.3, 0.4) is 0 Å². The molecule has 0 aliphatic carbocycles. The molecule has 1 aromatic rings. The van der Waals surface area contributed by atoms with Crippen molar-refractivity contribution in [1.82, 2.24) is 0 Å². The first-order chi connectivity index (χ1) is 6.59. The normalized spacial score (nSPS) is 15.9. The van der Waals surface area contributed by atoms with Crippen molar-refractivity contribution in [2.24, 2.45) is 0 Å². The maximum atomic E-state index is 10.0. The minimum absolute atomic E-state index is 0.754. The topological polar surface area (TPSA) is 32.3 Å². The lowest BCUT2D eigenvalue weighted by Gasteiger charge is -2.27. The predicted molar refractivity (Wildman–Crippen MR) is 58.5 cm³/mol. The fraction of sp³-hybridized carbons (Fsp3) is 0.500. The predicted octanol–water partition coefficient (Wildman–Crippen LogP) is 2.27. The SMILES string of the molecule is CC(C)(O)c1cccc2c1NCCC2. The molecule has 1 heterocycles. The first-order valence-corrected chi connectivity index (χ1v) is 5.17. The standard InChI is InChI=1S/C12H17NO/c1-12(2,14)10-7-3-5-9-6-4-8-13-11(9)10/h3,5,7,13-14H,4,6,8H2,1-2H3. The maximum absolute atomic E-state index is 10.0.